The molecule has 1 fully saturated rings. The van der Waals surface area contributed by atoms with Crippen molar-refractivity contribution in [3.63, 3.8) is 0 Å². The summed E-state index contributed by atoms with van der Waals surface area (Å²) in [4.78, 5) is 23.1. The first-order valence-electron chi connectivity index (χ1n) is 6.65. The zero-order valence-electron chi connectivity index (χ0n) is 10.9. The second-order valence-corrected chi connectivity index (χ2v) is 5.07. The maximum absolute atomic E-state index is 11.6. The van der Waals surface area contributed by atoms with E-state index in [0.717, 1.165) is 19.0 Å². The fourth-order valence-corrected chi connectivity index (χ4v) is 2.49. The molecular weight excluding hydrogens is 230 g/mol. The average molecular weight is 251 g/mol. The van der Waals surface area contributed by atoms with Gasteiger partial charge in [0.1, 0.15) is 0 Å². The molecule has 5 nitrogen and oxygen atoms in total. The molecule has 0 aromatic carbocycles. The second-order valence-electron chi connectivity index (χ2n) is 5.07. The summed E-state index contributed by atoms with van der Waals surface area (Å²) in [7, 11) is 1.59. The number of hydrogen-bond donors (Lipinski definition) is 1. The Hall–Kier alpha value is -1.36. The van der Waals surface area contributed by atoms with Gasteiger partial charge in [-0.2, -0.15) is 0 Å². The van der Waals surface area contributed by atoms with E-state index in [1.807, 2.05) is 0 Å². The SMILES string of the molecule is Cn1ccn(CCNCC2CCCC2)c(=O)c1=O. The van der Waals surface area contributed by atoms with Crippen LogP contribution in [0.25, 0.3) is 0 Å². The minimum Gasteiger partial charge on any atom is -0.315 e. The van der Waals surface area contributed by atoms with Gasteiger partial charge in [-0.1, -0.05) is 12.8 Å². The molecule has 1 N–H and O–H groups in total. The van der Waals surface area contributed by atoms with E-state index in [1.54, 1.807) is 19.4 Å². The van der Waals surface area contributed by atoms with Crippen LogP contribution in [0.3, 0.4) is 0 Å². The molecule has 0 spiro atoms. The summed E-state index contributed by atoms with van der Waals surface area (Å²) in [6, 6.07) is 0. The second kappa shape index (κ2) is 6.00. The molecule has 1 saturated carbocycles. The quantitative estimate of drug-likeness (QED) is 0.606. The first-order chi connectivity index (χ1) is 8.68. The fraction of sp³-hybridized carbons (Fsp3) is 0.692. The Kier molecular flexibility index (Phi) is 4.36. The average Bonchev–Trinajstić information content (AvgIpc) is 2.87. The van der Waals surface area contributed by atoms with E-state index in [9.17, 15) is 9.59 Å². The summed E-state index contributed by atoms with van der Waals surface area (Å²) in [5, 5.41) is 3.37. The number of nitrogens with one attached hydrogen (secondary N) is 1. The van der Waals surface area contributed by atoms with E-state index >= 15 is 0 Å². The Morgan fingerprint density at radius 3 is 2.67 bits per heavy atom. The normalized spacial score (nSPS) is 16.3. The first kappa shape index (κ1) is 13.1. The van der Waals surface area contributed by atoms with Crippen LogP contribution in [0.2, 0.25) is 0 Å². The van der Waals surface area contributed by atoms with Crippen LogP contribution >= 0.6 is 0 Å². The van der Waals surface area contributed by atoms with Crippen LogP contribution in [0.5, 0.6) is 0 Å². The fourth-order valence-electron chi connectivity index (χ4n) is 2.49. The van der Waals surface area contributed by atoms with Gasteiger partial charge in [-0.15, -0.1) is 0 Å². The number of rotatable bonds is 5. The Labute approximate surface area is 106 Å². The van der Waals surface area contributed by atoms with Gasteiger partial charge in [0.15, 0.2) is 0 Å². The first-order valence-corrected chi connectivity index (χ1v) is 6.65. The summed E-state index contributed by atoms with van der Waals surface area (Å²) in [6.07, 6.45) is 8.63. The minimum atomic E-state index is -0.465. The Morgan fingerprint density at radius 1 is 1.22 bits per heavy atom. The van der Waals surface area contributed by atoms with Crippen LogP contribution in [0.4, 0.5) is 0 Å². The molecule has 1 aliphatic rings. The van der Waals surface area contributed by atoms with Crippen LogP contribution in [0.1, 0.15) is 25.7 Å². The van der Waals surface area contributed by atoms with Crippen molar-refractivity contribution < 1.29 is 0 Å². The summed E-state index contributed by atoms with van der Waals surface area (Å²) < 4.78 is 2.79. The number of aromatic nitrogens is 2. The highest BCUT2D eigenvalue weighted by Gasteiger charge is 2.13. The van der Waals surface area contributed by atoms with Crippen molar-refractivity contribution in [3.8, 4) is 0 Å². The summed E-state index contributed by atoms with van der Waals surface area (Å²) in [6.45, 7) is 2.32. The molecule has 0 radical (unpaired) electrons. The Balaban J connectivity index is 1.81. The third kappa shape index (κ3) is 3.10. The van der Waals surface area contributed by atoms with Crippen molar-refractivity contribution in [1.82, 2.24) is 14.5 Å². The van der Waals surface area contributed by atoms with Crippen LogP contribution in [0.15, 0.2) is 22.0 Å². The van der Waals surface area contributed by atoms with E-state index < -0.39 is 11.1 Å². The van der Waals surface area contributed by atoms with Crippen LogP contribution in [0, 0.1) is 5.92 Å². The summed E-state index contributed by atoms with van der Waals surface area (Å²) in [5.41, 5.74) is -0.907. The highest BCUT2D eigenvalue weighted by Crippen LogP contribution is 2.23. The minimum absolute atomic E-state index is 0.442. The maximum atomic E-state index is 11.6. The van der Waals surface area contributed by atoms with Crippen molar-refractivity contribution in [1.29, 1.82) is 0 Å². The predicted octanol–water partition coefficient (Wildman–Crippen LogP) is 0.327. The Morgan fingerprint density at radius 2 is 1.94 bits per heavy atom. The number of aryl methyl sites for hydroxylation is 1. The molecule has 0 atom stereocenters. The zero-order chi connectivity index (χ0) is 13.0. The van der Waals surface area contributed by atoms with Crippen LogP contribution < -0.4 is 16.4 Å². The van der Waals surface area contributed by atoms with E-state index in [-0.39, 0.29) is 0 Å². The predicted molar refractivity (Wildman–Crippen MR) is 70.8 cm³/mol. The Bertz CT molecular complexity index is 498. The van der Waals surface area contributed by atoms with Gasteiger partial charge >= 0.3 is 11.1 Å². The molecule has 1 aromatic rings. The van der Waals surface area contributed by atoms with Crippen LogP contribution in [-0.2, 0) is 13.6 Å². The van der Waals surface area contributed by atoms with E-state index in [4.69, 9.17) is 0 Å². The van der Waals surface area contributed by atoms with Gasteiger partial charge in [0.25, 0.3) is 0 Å². The number of hydrogen-bond acceptors (Lipinski definition) is 3. The molecule has 18 heavy (non-hydrogen) atoms. The lowest BCUT2D eigenvalue weighted by molar-refractivity contribution is 0.472. The standard InChI is InChI=1S/C13H21N3O2/c1-15-8-9-16(13(18)12(15)17)7-6-14-10-11-4-2-3-5-11/h8-9,11,14H,2-7,10H2,1H3. The lowest BCUT2D eigenvalue weighted by Crippen LogP contribution is -2.41. The molecule has 0 saturated heterocycles. The smallest absolute Gasteiger partial charge is 0.315 e. The highest BCUT2D eigenvalue weighted by molar-refractivity contribution is 4.84. The molecule has 0 aliphatic heterocycles. The lowest BCUT2D eigenvalue weighted by atomic mass is 10.1. The molecule has 0 unspecified atom stereocenters. The molecule has 0 amide bonds. The maximum Gasteiger partial charge on any atom is 0.316 e. The highest BCUT2D eigenvalue weighted by atomic mass is 16.2. The van der Waals surface area contributed by atoms with Crippen molar-refractivity contribution in [2.24, 2.45) is 13.0 Å². The zero-order valence-corrected chi connectivity index (χ0v) is 10.9. The van der Waals surface area contributed by atoms with Gasteiger partial charge in [0.05, 0.1) is 0 Å². The largest absolute Gasteiger partial charge is 0.316 e. The van der Waals surface area contributed by atoms with E-state index in [1.165, 1.54) is 34.8 Å². The third-order valence-corrected chi connectivity index (χ3v) is 3.67. The summed E-state index contributed by atoms with van der Waals surface area (Å²) in [5.74, 6) is 0.797. The lowest BCUT2D eigenvalue weighted by Gasteiger charge is -2.11. The van der Waals surface area contributed by atoms with Gasteiger partial charge in [-0.05, 0) is 25.3 Å². The van der Waals surface area contributed by atoms with Gasteiger partial charge in [-0.25, -0.2) is 0 Å². The van der Waals surface area contributed by atoms with Gasteiger partial charge in [0, 0.05) is 32.5 Å². The van der Waals surface area contributed by atoms with Crippen molar-refractivity contribution in [2.45, 2.75) is 32.2 Å². The molecule has 5 heteroatoms. The molecule has 1 aliphatic carbocycles. The van der Waals surface area contributed by atoms with Crippen molar-refractivity contribution in [2.75, 3.05) is 13.1 Å². The monoisotopic (exact) mass is 251 g/mol. The third-order valence-electron chi connectivity index (χ3n) is 3.67. The molecular formula is C13H21N3O2. The van der Waals surface area contributed by atoms with Gasteiger partial charge in [-0.3, -0.25) is 9.59 Å². The molecule has 1 aromatic heterocycles. The molecule has 2 rings (SSSR count). The van der Waals surface area contributed by atoms with Crippen molar-refractivity contribution >= 4 is 0 Å². The van der Waals surface area contributed by atoms with Crippen LogP contribution in [-0.4, -0.2) is 22.2 Å². The van der Waals surface area contributed by atoms with Gasteiger partial charge in [0.2, 0.25) is 0 Å². The topological polar surface area (TPSA) is 56.0 Å². The molecule has 1 heterocycles. The molecule has 0 bridgehead atoms. The van der Waals surface area contributed by atoms with Crippen molar-refractivity contribution in [3.05, 3.63) is 33.1 Å². The molecule has 100 valence electrons. The summed E-state index contributed by atoms with van der Waals surface area (Å²) >= 11 is 0. The van der Waals surface area contributed by atoms with E-state index in [0.29, 0.717) is 6.54 Å². The van der Waals surface area contributed by atoms with E-state index in [2.05, 4.69) is 5.32 Å². The number of nitrogens with zero attached hydrogens (tertiary/aromatic N) is 2. The van der Waals surface area contributed by atoms with Gasteiger partial charge < -0.3 is 14.5 Å².